The van der Waals surface area contributed by atoms with Crippen LogP contribution in [0.2, 0.25) is 0 Å². The molecule has 4 amide bonds. The van der Waals surface area contributed by atoms with Gasteiger partial charge >= 0.3 is 0 Å². The minimum atomic E-state index is -0.319. The third kappa shape index (κ3) is 7.37. The van der Waals surface area contributed by atoms with Crippen LogP contribution in [-0.2, 0) is 0 Å². The third-order valence-corrected chi connectivity index (χ3v) is 13.2. The molecule has 7 rings (SSSR count). The molecule has 5 aromatic rings. The summed E-state index contributed by atoms with van der Waals surface area (Å²) in [6.07, 6.45) is 20.3. The zero-order chi connectivity index (χ0) is 40.9. The highest BCUT2D eigenvalue weighted by Crippen LogP contribution is 2.48. The van der Waals surface area contributed by atoms with Crippen LogP contribution >= 0.6 is 0 Å². The van der Waals surface area contributed by atoms with Gasteiger partial charge < -0.3 is 0 Å². The van der Waals surface area contributed by atoms with Crippen molar-refractivity contribution in [3.63, 3.8) is 0 Å². The molecule has 2 heterocycles. The molecule has 2 aliphatic rings. The Balaban J connectivity index is 1.34. The summed E-state index contributed by atoms with van der Waals surface area (Å²) in [5.74, 6) is -1.07. The SMILES string of the molecule is CCCCCCC(CCCCCC)N1C(=O)c2ccc3c4ccc5c6c(cc(C#N)c(c7ccc(c2c37)C1=O)c64)C(=O)N(C(CCCCCC)CCCCCC)C5=O. The summed E-state index contributed by atoms with van der Waals surface area (Å²) < 4.78 is 0. The molecule has 0 unspecified atom stereocenters. The molecule has 0 spiro atoms. The van der Waals surface area contributed by atoms with Crippen molar-refractivity contribution in [3.8, 4) is 6.07 Å². The normalized spacial score (nSPS) is 14.2. The molecule has 2 aliphatic heterocycles. The number of hydrogen-bond donors (Lipinski definition) is 0. The van der Waals surface area contributed by atoms with Crippen LogP contribution in [0.3, 0.4) is 0 Å². The molecule has 0 fully saturated rings. The number of carbonyl (C=O) groups is 4. The van der Waals surface area contributed by atoms with Crippen LogP contribution in [0.15, 0.2) is 42.5 Å². The van der Waals surface area contributed by atoms with Crippen LogP contribution in [0.1, 0.15) is 203 Å². The molecule has 5 aromatic carbocycles. The van der Waals surface area contributed by atoms with E-state index in [1.165, 1.54) is 4.90 Å². The van der Waals surface area contributed by atoms with E-state index in [1.54, 1.807) is 11.0 Å². The van der Waals surface area contributed by atoms with Gasteiger partial charge in [-0.2, -0.15) is 5.26 Å². The minimum absolute atomic E-state index is 0.159. The summed E-state index contributed by atoms with van der Waals surface area (Å²) in [4.78, 5) is 61.5. The van der Waals surface area contributed by atoms with E-state index in [0.29, 0.717) is 44.0 Å². The zero-order valence-corrected chi connectivity index (χ0v) is 35.3. The maximum atomic E-state index is 14.7. The van der Waals surface area contributed by atoms with Gasteiger partial charge in [-0.3, -0.25) is 29.0 Å². The summed E-state index contributed by atoms with van der Waals surface area (Å²) in [6, 6.07) is 15.1. The summed E-state index contributed by atoms with van der Waals surface area (Å²) in [5, 5.41) is 16.6. The van der Waals surface area contributed by atoms with Crippen molar-refractivity contribution in [3.05, 3.63) is 70.3 Å². The number of hydrogen-bond acceptors (Lipinski definition) is 5. The average molecular weight is 780 g/mol. The van der Waals surface area contributed by atoms with Gasteiger partial charge in [0, 0.05) is 50.3 Å². The first kappa shape index (κ1) is 41.3. The molecule has 0 aromatic heterocycles. The van der Waals surface area contributed by atoms with E-state index in [2.05, 4.69) is 33.8 Å². The van der Waals surface area contributed by atoms with Gasteiger partial charge in [-0.25, -0.2) is 0 Å². The van der Waals surface area contributed by atoms with E-state index < -0.39 is 0 Å². The van der Waals surface area contributed by atoms with Crippen molar-refractivity contribution in [2.24, 2.45) is 0 Å². The summed E-state index contributed by atoms with van der Waals surface area (Å²) >= 11 is 0. The van der Waals surface area contributed by atoms with Gasteiger partial charge in [0.2, 0.25) is 0 Å². The fourth-order valence-corrected chi connectivity index (χ4v) is 10.2. The molecule has 0 bridgehead atoms. The van der Waals surface area contributed by atoms with Gasteiger partial charge in [0.15, 0.2) is 0 Å². The van der Waals surface area contributed by atoms with E-state index in [4.69, 9.17) is 0 Å². The first-order valence-corrected chi connectivity index (χ1v) is 22.7. The lowest BCUT2D eigenvalue weighted by Gasteiger charge is -2.35. The van der Waals surface area contributed by atoms with Gasteiger partial charge in [0.1, 0.15) is 0 Å². The van der Waals surface area contributed by atoms with Crippen LogP contribution in [0, 0.1) is 11.3 Å². The van der Waals surface area contributed by atoms with Crippen molar-refractivity contribution in [2.75, 3.05) is 0 Å². The predicted molar refractivity (Wildman–Crippen MR) is 236 cm³/mol. The quantitative estimate of drug-likeness (QED) is 0.0301. The first-order valence-electron chi connectivity index (χ1n) is 22.7. The molecule has 0 saturated heterocycles. The number of nitrogens with zero attached hydrogens (tertiary/aromatic N) is 3. The van der Waals surface area contributed by atoms with Crippen LogP contribution in [0.5, 0.6) is 0 Å². The Hall–Kier alpha value is -4.83. The van der Waals surface area contributed by atoms with Gasteiger partial charge in [-0.15, -0.1) is 0 Å². The van der Waals surface area contributed by atoms with Gasteiger partial charge in [0.25, 0.3) is 23.6 Å². The Morgan fingerprint density at radius 1 is 0.431 bits per heavy atom. The standard InChI is InChI=1S/C51H61N3O4/c1-5-9-13-17-21-34(22-18-14-10-6-2)53-48(55)39-28-25-36-37-26-29-41-46-42(51(58)54(50(41)57)35(23-19-15-11-7-3)24-20-16-12-8-4)31-33(32-52)43(47(37)46)38-27-30-40(49(53)56)45(39)44(36)38/h25-31,34-35H,5-24H2,1-4H3. The Kier molecular flexibility index (Phi) is 13.1. The Morgan fingerprint density at radius 2 is 0.793 bits per heavy atom. The highest BCUT2D eigenvalue weighted by Gasteiger charge is 2.41. The topological polar surface area (TPSA) is 98.6 Å². The largest absolute Gasteiger partial charge is 0.271 e. The molecule has 7 heteroatoms. The number of amides is 4. The Bertz CT molecular complexity index is 2340. The van der Waals surface area contributed by atoms with Crippen molar-refractivity contribution >= 4 is 66.7 Å². The first-order chi connectivity index (χ1) is 28.3. The molecule has 0 saturated carbocycles. The van der Waals surface area contributed by atoms with Crippen molar-refractivity contribution < 1.29 is 19.2 Å². The van der Waals surface area contributed by atoms with Gasteiger partial charge in [-0.1, -0.05) is 149 Å². The molecule has 0 atom stereocenters. The molecular formula is C51H61N3O4. The Morgan fingerprint density at radius 3 is 1.19 bits per heavy atom. The second-order valence-electron chi connectivity index (χ2n) is 17.1. The lowest BCUT2D eigenvalue weighted by Crippen LogP contribution is -2.47. The summed E-state index contributed by atoms with van der Waals surface area (Å²) in [5.41, 5.74) is 2.27. The zero-order valence-electron chi connectivity index (χ0n) is 35.3. The van der Waals surface area contributed by atoms with E-state index in [1.807, 2.05) is 36.4 Å². The highest BCUT2D eigenvalue weighted by molar-refractivity contribution is 6.42. The third-order valence-electron chi connectivity index (χ3n) is 13.2. The number of imide groups is 2. The number of rotatable bonds is 22. The second-order valence-corrected chi connectivity index (χ2v) is 17.1. The molecule has 0 aliphatic carbocycles. The minimum Gasteiger partial charge on any atom is -0.271 e. The number of benzene rings is 5. The number of unbranched alkanes of at least 4 members (excludes halogenated alkanes) is 12. The van der Waals surface area contributed by atoms with Gasteiger partial charge in [0.05, 0.1) is 17.2 Å². The van der Waals surface area contributed by atoms with Crippen molar-refractivity contribution in [1.29, 1.82) is 5.26 Å². The number of nitriles is 1. The van der Waals surface area contributed by atoms with Crippen LogP contribution < -0.4 is 0 Å². The van der Waals surface area contributed by atoms with Crippen LogP contribution in [0.4, 0.5) is 0 Å². The van der Waals surface area contributed by atoms with Crippen molar-refractivity contribution in [2.45, 2.75) is 168 Å². The maximum Gasteiger partial charge on any atom is 0.261 e. The van der Waals surface area contributed by atoms with E-state index in [9.17, 15) is 24.4 Å². The molecule has 0 radical (unpaired) electrons. The highest BCUT2D eigenvalue weighted by atomic mass is 16.2. The molecule has 0 N–H and O–H groups in total. The predicted octanol–water partition coefficient (Wildman–Crippen LogP) is 13.4. The second kappa shape index (κ2) is 18.4. The van der Waals surface area contributed by atoms with E-state index in [0.717, 1.165) is 155 Å². The number of fused-ring (bicyclic) bond motifs is 2. The average Bonchev–Trinajstić information content (AvgIpc) is 3.23. The molecular weight excluding hydrogens is 719 g/mol. The molecule has 58 heavy (non-hydrogen) atoms. The lowest BCUT2D eigenvalue weighted by atomic mass is 9.80. The van der Waals surface area contributed by atoms with Crippen molar-refractivity contribution in [1.82, 2.24) is 9.80 Å². The molecule has 7 nitrogen and oxygen atoms in total. The molecule has 304 valence electrons. The van der Waals surface area contributed by atoms with Gasteiger partial charge in [-0.05, 0) is 71.5 Å². The van der Waals surface area contributed by atoms with Crippen LogP contribution in [-0.4, -0.2) is 45.5 Å². The van der Waals surface area contributed by atoms with E-state index in [-0.39, 0.29) is 35.7 Å². The summed E-state index contributed by atoms with van der Waals surface area (Å²) in [7, 11) is 0. The lowest BCUT2D eigenvalue weighted by molar-refractivity contribution is 0.0501. The summed E-state index contributed by atoms with van der Waals surface area (Å²) in [6.45, 7) is 8.74. The maximum absolute atomic E-state index is 14.7. The van der Waals surface area contributed by atoms with E-state index >= 15 is 0 Å². The fraction of sp³-hybridized carbons (Fsp3) is 0.510. The Labute approximate surface area is 344 Å². The smallest absolute Gasteiger partial charge is 0.261 e. The monoisotopic (exact) mass is 779 g/mol. The van der Waals surface area contributed by atoms with Crippen LogP contribution in [0.25, 0.3) is 43.1 Å². The number of carbonyl (C=O) groups excluding carboxylic acids is 4. The fourth-order valence-electron chi connectivity index (χ4n) is 10.2.